The third kappa shape index (κ3) is 7.98. The van der Waals surface area contributed by atoms with E-state index in [9.17, 15) is 4.79 Å². The Hall–Kier alpha value is -2.58. The number of allylic oxidation sites excluding steroid dienone is 1. The maximum Gasteiger partial charge on any atom is 0.353 e. The highest BCUT2D eigenvalue weighted by Gasteiger charge is 2.11. The lowest BCUT2D eigenvalue weighted by Gasteiger charge is -2.07. The molecule has 0 saturated carbocycles. The van der Waals surface area contributed by atoms with Crippen LogP contribution < -0.4 is 9.47 Å². The third-order valence-electron chi connectivity index (χ3n) is 4.27. The van der Waals surface area contributed by atoms with Gasteiger partial charge in [-0.05, 0) is 55.7 Å². The first-order chi connectivity index (χ1) is 13.7. The van der Waals surface area contributed by atoms with Crippen LogP contribution in [0, 0.1) is 11.3 Å². The Morgan fingerprint density at radius 2 is 1.61 bits per heavy atom. The van der Waals surface area contributed by atoms with Crippen molar-refractivity contribution in [3.63, 3.8) is 0 Å². The van der Waals surface area contributed by atoms with Crippen molar-refractivity contribution in [1.82, 2.24) is 0 Å². The highest BCUT2D eigenvalue weighted by molar-refractivity contribution is 7.14. The van der Waals surface area contributed by atoms with Gasteiger partial charge in [0.25, 0.3) is 0 Å². The van der Waals surface area contributed by atoms with Crippen molar-refractivity contribution < 1.29 is 14.3 Å². The van der Waals surface area contributed by atoms with Crippen molar-refractivity contribution in [3.05, 3.63) is 58.8 Å². The summed E-state index contributed by atoms with van der Waals surface area (Å²) in [7, 11) is 0. The maximum absolute atomic E-state index is 12.0. The van der Waals surface area contributed by atoms with Gasteiger partial charge in [-0.15, -0.1) is 17.9 Å². The molecule has 0 N–H and O–H groups in total. The molecule has 0 aliphatic carbocycles. The molecule has 0 atom stereocenters. The highest BCUT2D eigenvalue weighted by Crippen LogP contribution is 2.21. The van der Waals surface area contributed by atoms with E-state index in [1.54, 1.807) is 36.4 Å². The average Bonchev–Trinajstić information content (AvgIpc) is 3.20. The fourth-order valence-corrected chi connectivity index (χ4v) is 3.41. The number of rotatable bonds is 13. The zero-order valence-electron chi connectivity index (χ0n) is 16.2. The number of ether oxygens (including phenoxy) is 2. The van der Waals surface area contributed by atoms with E-state index >= 15 is 0 Å². The zero-order chi connectivity index (χ0) is 20.0. The van der Waals surface area contributed by atoms with Gasteiger partial charge in [-0.3, -0.25) is 0 Å². The number of hydrogen-bond donors (Lipinski definition) is 0. The number of hydrogen-bond acceptors (Lipinski definition) is 5. The molecule has 0 fully saturated rings. The Labute approximate surface area is 171 Å². The number of thiophene rings is 1. The second-order valence-corrected chi connectivity index (χ2v) is 7.62. The summed E-state index contributed by atoms with van der Waals surface area (Å²) in [6, 6.07) is 12.3. The van der Waals surface area contributed by atoms with Crippen LogP contribution in [0.4, 0.5) is 0 Å². The maximum atomic E-state index is 12.0. The molecule has 4 nitrogen and oxygen atoms in total. The van der Waals surface area contributed by atoms with E-state index in [-0.39, 0.29) is 0 Å². The second-order valence-electron chi connectivity index (χ2n) is 6.54. The van der Waals surface area contributed by atoms with Crippen LogP contribution >= 0.6 is 11.3 Å². The fraction of sp³-hybridized carbons (Fsp3) is 0.391. The van der Waals surface area contributed by atoms with E-state index in [1.165, 1.54) is 38.5 Å². The van der Waals surface area contributed by atoms with Crippen molar-refractivity contribution >= 4 is 17.3 Å². The number of unbranched alkanes of at least 4 members (excludes halogenated alkanes) is 7. The molecule has 5 heteroatoms. The lowest BCUT2D eigenvalue weighted by molar-refractivity contribution is 0.0739. The molecule has 0 saturated heterocycles. The summed E-state index contributed by atoms with van der Waals surface area (Å²) < 4.78 is 11.1. The molecule has 28 heavy (non-hydrogen) atoms. The van der Waals surface area contributed by atoms with E-state index in [4.69, 9.17) is 14.7 Å². The Balaban J connectivity index is 1.60. The van der Waals surface area contributed by atoms with Crippen molar-refractivity contribution in [2.24, 2.45) is 0 Å². The van der Waals surface area contributed by atoms with Gasteiger partial charge in [-0.1, -0.05) is 38.2 Å². The van der Waals surface area contributed by atoms with E-state index in [0.29, 0.717) is 22.1 Å². The molecule has 0 amide bonds. The molecule has 2 rings (SSSR count). The predicted molar refractivity (Wildman–Crippen MR) is 113 cm³/mol. The third-order valence-corrected chi connectivity index (χ3v) is 5.24. The largest absolute Gasteiger partial charge is 0.494 e. The van der Waals surface area contributed by atoms with Crippen LogP contribution in [-0.2, 0) is 0 Å². The Kier molecular flexibility index (Phi) is 9.88. The van der Waals surface area contributed by atoms with Gasteiger partial charge in [-0.25, -0.2) is 4.79 Å². The number of nitrogens with zero attached hydrogens (tertiary/aromatic N) is 1. The Bertz CT molecular complexity index is 774. The van der Waals surface area contributed by atoms with Gasteiger partial charge in [0.1, 0.15) is 27.3 Å². The predicted octanol–water partition coefficient (Wildman–Crippen LogP) is 6.52. The number of benzene rings is 1. The molecule has 2 aromatic rings. The van der Waals surface area contributed by atoms with Crippen LogP contribution in [0.2, 0.25) is 0 Å². The molecule has 0 bridgehead atoms. The molecule has 1 aromatic carbocycles. The summed E-state index contributed by atoms with van der Waals surface area (Å²) in [6.45, 7) is 4.44. The van der Waals surface area contributed by atoms with Crippen LogP contribution in [-0.4, -0.2) is 12.6 Å². The summed E-state index contributed by atoms with van der Waals surface area (Å²) in [6.07, 6.45) is 11.7. The van der Waals surface area contributed by atoms with Crippen LogP contribution in [0.3, 0.4) is 0 Å². The summed E-state index contributed by atoms with van der Waals surface area (Å²) in [5.74, 6) is 0.775. The topological polar surface area (TPSA) is 59.3 Å². The molecule has 148 valence electrons. The second kappa shape index (κ2) is 12.7. The van der Waals surface area contributed by atoms with E-state index in [2.05, 4.69) is 6.58 Å². The Morgan fingerprint density at radius 1 is 0.964 bits per heavy atom. The minimum Gasteiger partial charge on any atom is -0.494 e. The first-order valence-corrected chi connectivity index (χ1v) is 10.6. The number of carbonyl (C=O) groups is 1. The normalized spacial score (nSPS) is 10.2. The van der Waals surface area contributed by atoms with E-state index < -0.39 is 5.97 Å². The standard InChI is InChI=1S/C23H27NO3S/c1-2-3-4-5-6-7-8-9-10-17-26-19-11-13-20(14-12-19)27-23(25)22-16-15-21(18-24)28-22/h2,11-16H,1,3-10,17H2. The molecule has 0 aliphatic heterocycles. The van der Waals surface area contributed by atoms with Gasteiger partial charge in [0.2, 0.25) is 0 Å². The van der Waals surface area contributed by atoms with Gasteiger partial charge < -0.3 is 9.47 Å². The summed E-state index contributed by atoms with van der Waals surface area (Å²) in [5, 5.41) is 8.82. The molecule has 1 heterocycles. The first kappa shape index (κ1) is 21.7. The SMILES string of the molecule is C=CCCCCCCCCCOc1ccc(OC(=O)c2ccc(C#N)s2)cc1. The average molecular weight is 398 g/mol. The van der Waals surface area contributed by atoms with Crippen LogP contribution in [0.25, 0.3) is 0 Å². The van der Waals surface area contributed by atoms with Gasteiger partial charge in [0, 0.05) is 0 Å². The number of nitriles is 1. The minimum atomic E-state index is -0.454. The summed E-state index contributed by atoms with van der Waals surface area (Å²) in [5.41, 5.74) is 0. The van der Waals surface area contributed by atoms with E-state index in [0.717, 1.165) is 29.9 Å². The molecule has 1 aromatic heterocycles. The molecule has 0 spiro atoms. The van der Waals surface area contributed by atoms with Crippen molar-refractivity contribution in [1.29, 1.82) is 5.26 Å². The van der Waals surface area contributed by atoms with Crippen LogP contribution in [0.15, 0.2) is 49.1 Å². The summed E-state index contributed by atoms with van der Waals surface area (Å²) >= 11 is 1.12. The van der Waals surface area contributed by atoms with Crippen molar-refractivity contribution in [2.75, 3.05) is 6.61 Å². The van der Waals surface area contributed by atoms with Gasteiger partial charge in [0.15, 0.2) is 0 Å². The van der Waals surface area contributed by atoms with Gasteiger partial charge >= 0.3 is 5.97 Å². The number of esters is 1. The minimum absolute atomic E-state index is 0.414. The van der Waals surface area contributed by atoms with Crippen LogP contribution in [0.1, 0.15) is 65.9 Å². The first-order valence-electron chi connectivity index (χ1n) is 9.79. The van der Waals surface area contributed by atoms with Crippen molar-refractivity contribution in [3.8, 4) is 17.6 Å². The smallest absolute Gasteiger partial charge is 0.353 e. The zero-order valence-corrected chi connectivity index (χ0v) is 17.0. The van der Waals surface area contributed by atoms with E-state index in [1.807, 2.05) is 12.1 Å². The summed E-state index contributed by atoms with van der Waals surface area (Å²) in [4.78, 5) is 12.9. The lowest BCUT2D eigenvalue weighted by atomic mass is 10.1. The Morgan fingerprint density at radius 3 is 2.25 bits per heavy atom. The monoisotopic (exact) mass is 397 g/mol. The quantitative estimate of drug-likeness (QED) is 0.167. The molecule has 0 radical (unpaired) electrons. The van der Waals surface area contributed by atoms with Crippen molar-refractivity contribution in [2.45, 2.75) is 51.4 Å². The van der Waals surface area contributed by atoms with Gasteiger partial charge in [0.05, 0.1) is 6.61 Å². The van der Waals surface area contributed by atoms with Crippen LogP contribution in [0.5, 0.6) is 11.5 Å². The molecule has 0 aliphatic rings. The number of carbonyl (C=O) groups excluding carboxylic acids is 1. The molecule has 0 unspecified atom stereocenters. The molecular weight excluding hydrogens is 370 g/mol. The fourth-order valence-electron chi connectivity index (χ4n) is 2.73. The highest BCUT2D eigenvalue weighted by atomic mass is 32.1. The van der Waals surface area contributed by atoms with Gasteiger partial charge in [-0.2, -0.15) is 5.26 Å². The lowest BCUT2D eigenvalue weighted by Crippen LogP contribution is -2.06. The molecular formula is C23H27NO3S.